The highest BCUT2D eigenvalue weighted by Crippen LogP contribution is 2.41. The van der Waals surface area contributed by atoms with Crippen LogP contribution in [-0.2, 0) is 33.3 Å². The lowest BCUT2D eigenvalue weighted by Crippen LogP contribution is -2.38. The topological polar surface area (TPSA) is 153 Å². The van der Waals surface area contributed by atoms with Crippen molar-refractivity contribution in [3.63, 3.8) is 0 Å². The van der Waals surface area contributed by atoms with Crippen LogP contribution in [0.15, 0.2) is 17.6 Å². The number of hydrogen-bond donors (Lipinski definition) is 1. The van der Waals surface area contributed by atoms with Crippen LogP contribution in [-0.4, -0.2) is 74.6 Å². The molecule has 2 aromatic rings. The number of rotatable bonds is 5. The molecule has 0 spiro atoms. The lowest BCUT2D eigenvalue weighted by atomic mass is 10.1. The molecule has 0 amide bonds. The van der Waals surface area contributed by atoms with Crippen molar-refractivity contribution in [3.8, 4) is 0 Å². The lowest BCUT2D eigenvalue weighted by molar-refractivity contribution is -0.334. The number of hydrazone groups is 1. The number of esters is 2. The van der Waals surface area contributed by atoms with Gasteiger partial charge in [0.15, 0.2) is 29.6 Å². The molecule has 2 fully saturated rings. The van der Waals surface area contributed by atoms with E-state index in [1.54, 1.807) is 36.7 Å². The highest BCUT2D eigenvalue weighted by atomic mass is 79.9. The van der Waals surface area contributed by atoms with Gasteiger partial charge in [-0.2, -0.15) is 5.10 Å². The van der Waals surface area contributed by atoms with Crippen LogP contribution in [0.2, 0.25) is 0 Å². The molecular formula is C21H25BrN6O7. The van der Waals surface area contributed by atoms with E-state index in [1.807, 2.05) is 0 Å². The van der Waals surface area contributed by atoms with Crippen LogP contribution in [0.3, 0.4) is 0 Å². The van der Waals surface area contributed by atoms with Gasteiger partial charge >= 0.3 is 17.9 Å². The number of aromatic nitrogens is 3. The second kappa shape index (κ2) is 8.11. The summed E-state index contributed by atoms with van der Waals surface area (Å²) in [5.41, 5.74) is 6.22. The molecule has 5 rings (SSSR count). The standard InChI is InChI=1S/C21H25BrN6O7/c1-9(29)32-14-13(22)11(7-31-21(4)34-19(30)20(2,3)35-21)33-18(14)28-6-10-12-16(24-8-25-17(12)28)27(5)26-15(10)23/h6,8,11,13-14,18H,7H2,1-5H3,(H2,23,26)/t11-,13+,14-,18-,21?/m1/s1. The fourth-order valence-electron chi connectivity index (χ4n) is 4.45. The number of carbonyl (C=O) groups is 2. The third kappa shape index (κ3) is 3.93. The van der Waals surface area contributed by atoms with Crippen LogP contribution >= 0.6 is 15.9 Å². The Kier molecular flexibility index (Phi) is 5.54. The largest absolute Gasteiger partial charge is 0.456 e. The van der Waals surface area contributed by atoms with Crippen molar-refractivity contribution < 1.29 is 33.3 Å². The third-order valence-electron chi connectivity index (χ3n) is 5.99. The van der Waals surface area contributed by atoms with Crippen molar-refractivity contribution >= 4 is 50.6 Å². The van der Waals surface area contributed by atoms with E-state index in [2.05, 4.69) is 31.0 Å². The van der Waals surface area contributed by atoms with E-state index in [4.69, 9.17) is 29.4 Å². The first-order valence-corrected chi connectivity index (χ1v) is 11.8. The Labute approximate surface area is 208 Å². The molecule has 2 saturated heterocycles. The van der Waals surface area contributed by atoms with E-state index in [0.29, 0.717) is 28.3 Å². The van der Waals surface area contributed by atoms with Gasteiger partial charge in [0.1, 0.15) is 18.1 Å². The number of anilines is 1. The number of ether oxygens (including phenoxy) is 5. The molecule has 3 aliphatic heterocycles. The molecule has 0 aromatic carbocycles. The average Bonchev–Trinajstić information content (AvgIpc) is 3.36. The van der Waals surface area contributed by atoms with Gasteiger partial charge < -0.3 is 29.2 Å². The van der Waals surface area contributed by atoms with E-state index >= 15 is 0 Å². The molecular weight excluding hydrogens is 528 g/mol. The zero-order chi connectivity index (χ0) is 25.3. The summed E-state index contributed by atoms with van der Waals surface area (Å²) in [6.07, 6.45) is 1.05. The number of cyclic esters (lactones) is 1. The summed E-state index contributed by atoms with van der Waals surface area (Å²) in [7, 11) is 1.74. The van der Waals surface area contributed by atoms with Crippen LogP contribution < -0.4 is 10.7 Å². The third-order valence-corrected chi connectivity index (χ3v) is 7.10. The lowest BCUT2D eigenvalue weighted by Gasteiger charge is -2.25. The Balaban J connectivity index is 1.46. The van der Waals surface area contributed by atoms with Crippen molar-refractivity contribution in [1.82, 2.24) is 14.5 Å². The second-order valence-corrected chi connectivity index (χ2v) is 10.2. The highest BCUT2D eigenvalue weighted by molar-refractivity contribution is 9.09. The van der Waals surface area contributed by atoms with E-state index in [1.165, 1.54) is 20.2 Å². The predicted molar refractivity (Wildman–Crippen MR) is 124 cm³/mol. The Bertz CT molecular complexity index is 1250. The van der Waals surface area contributed by atoms with Crippen molar-refractivity contribution in [2.45, 2.75) is 62.5 Å². The van der Waals surface area contributed by atoms with E-state index in [0.717, 1.165) is 0 Å². The summed E-state index contributed by atoms with van der Waals surface area (Å²) >= 11 is 3.60. The summed E-state index contributed by atoms with van der Waals surface area (Å²) in [5, 5.41) is 6.58. The molecule has 188 valence electrons. The quantitative estimate of drug-likeness (QED) is 0.419. The number of amidine groups is 1. The number of hydrogen-bond acceptors (Lipinski definition) is 12. The molecule has 2 aromatic heterocycles. The minimum atomic E-state index is -1.57. The zero-order valence-electron chi connectivity index (χ0n) is 19.7. The maximum Gasteiger partial charge on any atom is 0.342 e. The fourth-order valence-corrected chi connectivity index (χ4v) is 5.09. The van der Waals surface area contributed by atoms with Crippen LogP contribution in [0.1, 0.15) is 39.5 Å². The molecule has 2 N–H and O–H groups in total. The number of carbonyl (C=O) groups excluding carboxylic acids is 2. The number of halogens is 1. The van der Waals surface area contributed by atoms with Crippen LogP contribution in [0.5, 0.6) is 0 Å². The average molecular weight is 553 g/mol. The minimum Gasteiger partial charge on any atom is -0.456 e. The molecule has 35 heavy (non-hydrogen) atoms. The van der Waals surface area contributed by atoms with E-state index in [-0.39, 0.29) is 6.61 Å². The van der Waals surface area contributed by atoms with E-state index < -0.39 is 46.8 Å². The first kappa shape index (κ1) is 23.9. The van der Waals surface area contributed by atoms with Gasteiger partial charge in [0, 0.05) is 32.7 Å². The van der Waals surface area contributed by atoms with E-state index in [9.17, 15) is 9.59 Å². The van der Waals surface area contributed by atoms with Crippen LogP contribution in [0, 0.1) is 0 Å². The second-order valence-electron chi connectivity index (χ2n) is 9.11. The molecule has 0 radical (unpaired) electrons. The summed E-state index contributed by atoms with van der Waals surface area (Å²) in [4.78, 5) is 32.3. The van der Waals surface area contributed by atoms with Gasteiger partial charge in [0.25, 0.3) is 0 Å². The van der Waals surface area contributed by atoms with Gasteiger partial charge in [-0.3, -0.25) is 9.53 Å². The minimum absolute atomic E-state index is 0.0251. The monoisotopic (exact) mass is 552 g/mol. The molecule has 0 saturated carbocycles. The number of nitrogens with two attached hydrogens (primary N) is 1. The van der Waals surface area contributed by atoms with Gasteiger partial charge in [-0.15, -0.1) is 0 Å². The van der Waals surface area contributed by atoms with Crippen molar-refractivity contribution in [1.29, 1.82) is 0 Å². The Morgan fingerprint density at radius 2 is 2.06 bits per heavy atom. The SMILES string of the molecule is CC(=O)O[C@@H]1[C@@H](Br)[C@@H](COC2(C)OC(=O)C(C)(C)O2)O[C@H]1n1cc2c3c(ncnc31)N(C)N=C2N. The Morgan fingerprint density at radius 3 is 2.71 bits per heavy atom. The van der Waals surface area contributed by atoms with Crippen molar-refractivity contribution in [3.05, 3.63) is 18.1 Å². The van der Waals surface area contributed by atoms with Gasteiger partial charge in [-0.05, 0) is 13.8 Å². The summed E-state index contributed by atoms with van der Waals surface area (Å²) in [5.74, 6) is -1.70. The molecule has 3 aliphatic rings. The first-order valence-electron chi connectivity index (χ1n) is 10.9. The van der Waals surface area contributed by atoms with Gasteiger partial charge in [-0.1, -0.05) is 15.9 Å². The maximum atomic E-state index is 12.1. The van der Waals surface area contributed by atoms with Gasteiger partial charge in [0.2, 0.25) is 0 Å². The molecule has 1 unspecified atom stereocenters. The Hall–Kier alpha value is -2.81. The smallest absolute Gasteiger partial charge is 0.342 e. The van der Waals surface area contributed by atoms with Crippen molar-refractivity contribution in [2.75, 3.05) is 18.7 Å². The predicted octanol–water partition coefficient (Wildman–Crippen LogP) is 1.14. The first-order chi connectivity index (χ1) is 16.4. The van der Waals surface area contributed by atoms with Crippen LogP contribution in [0.4, 0.5) is 5.82 Å². The molecule has 5 heterocycles. The molecule has 5 atom stereocenters. The molecule has 14 heteroatoms. The molecule has 0 aliphatic carbocycles. The molecule has 13 nitrogen and oxygen atoms in total. The fraction of sp³-hybridized carbons (Fsp3) is 0.571. The highest BCUT2D eigenvalue weighted by Gasteiger charge is 2.53. The van der Waals surface area contributed by atoms with Gasteiger partial charge in [-0.25, -0.2) is 19.8 Å². The van der Waals surface area contributed by atoms with Crippen molar-refractivity contribution in [2.24, 2.45) is 10.8 Å². The zero-order valence-corrected chi connectivity index (χ0v) is 21.3. The van der Waals surface area contributed by atoms with Gasteiger partial charge in [0.05, 0.1) is 16.8 Å². The maximum absolute atomic E-state index is 12.1. The summed E-state index contributed by atoms with van der Waals surface area (Å²) in [6.45, 7) is 6.00. The Morgan fingerprint density at radius 1 is 1.31 bits per heavy atom. The normalized spacial score (nSPS) is 31.5. The number of nitrogens with zero attached hydrogens (tertiary/aromatic N) is 5. The number of alkyl halides is 1. The summed E-state index contributed by atoms with van der Waals surface area (Å²) in [6, 6.07) is 0. The van der Waals surface area contributed by atoms with Crippen LogP contribution in [0.25, 0.3) is 11.0 Å². The molecule has 0 bridgehead atoms. The summed E-state index contributed by atoms with van der Waals surface area (Å²) < 4.78 is 30.5.